The van der Waals surface area contributed by atoms with E-state index in [-0.39, 0.29) is 11.8 Å². The van der Waals surface area contributed by atoms with Gasteiger partial charge in [0.2, 0.25) is 5.91 Å². The van der Waals surface area contributed by atoms with E-state index < -0.39 is 0 Å². The summed E-state index contributed by atoms with van der Waals surface area (Å²) in [7, 11) is 0. The van der Waals surface area contributed by atoms with Crippen molar-refractivity contribution in [2.24, 2.45) is 0 Å². The number of piperazine rings is 1. The monoisotopic (exact) mass is 481 g/mol. The molecule has 4 aromatic rings. The Morgan fingerprint density at radius 3 is 2.33 bits per heavy atom. The van der Waals surface area contributed by atoms with Crippen molar-refractivity contribution in [2.75, 3.05) is 38.0 Å². The van der Waals surface area contributed by atoms with E-state index in [2.05, 4.69) is 15.3 Å². The van der Waals surface area contributed by atoms with E-state index >= 15 is 0 Å². The molecule has 1 aromatic heterocycles. The number of hydrogen-bond acceptors (Lipinski definition) is 4. The molecule has 0 unspecified atom stereocenters. The number of fused-ring (bicyclic) bond motifs is 1. The van der Waals surface area contributed by atoms with Gasteiger partial charge in [0.05, 0.1) is 22.8 Å². The number of carbonyl (C=O) groups excluding carboxylic acids is 2. The standard InChI is InChI=1S/C29H31N5O2/c1-21-28(22(2)34(31-21)24-11-4-3-5-12-24)30-27(35)15-16-32-17-19-33(20-18-32)29(36)26-14-8-10-23-9-6-7-13-25(23)26/h3-14H,15-20H2,1-2H3,(H,30,35). The van der Waals surface area contributed by atoms with Crippen molar-refractivity contribution in [1.29, 1.82) is 0 Å². The maximum absolute atomic E-state index is 13.2. The number of benzene rings is 3. The van der Waals surface area contributed by atoms with Gasteiger partial charge in [0, 0.05) is 44.7 Å². The second-order valence-electron chi connectivity index (χ2n) is 9.25. The van der Waals surface area contributed by atoms with Crippen molar-refractivity contribution in [2.45, 2.75) is 20.3 Å². The number of anilines is 1. The Labute approximate surface area is 211 Å². The Hall–Kier alpha value is -3.97. The Balaban J connectivity index is 1.14. The summed E-state index contributed by atoms with van der Waals surface area (Å²) in [5, 5.41) is 9.73. The van der Waals surface area contributed by atoms with Crippen molar-refractivity contribution in [1.82, 2.24) is 19.6 Å². The Morgan fingerprint density at radius 1 is 0.861 bits per heavy atom. The predicted octanol–water partition coefficient (Wildman–Crippen LogP) is 4.43. The molecule has 0 radical (unpaired) electrons. The fourth-order valence-corrected chi connectivity index (χ4v) is 4.86. The quantitative estimate of drug-likeness (QED) is 0.442. The van der Waals surface area contributed by atoms with Gasteiger partial charge in [0.25, 0.3) is 5.91 Å². The molecule has 36 heavy (non-hydrogen) atoms. The Bertz CT molecular complexity index is 1380. The highest BCUT2D eigenvalue weighted by Crippen LogP contribution is 2.23. The third-order valence-corrected chi connectivity index (χ3v) is 6.89. The minimum atomic E-state index is -0.0249. The highest BCUT2D eigenvalue weighted by atomic mass is 16.2. The van der Waals surface area contributed by atoms with Crippen molar-refractivity contribution < 1.29 is 9.59 Å². The number of aromatic nitrogens is 2. The molecule has 1 aliphatic heterocycles. The van der Waals surface area contributed by atoms with Crippen LogP contribution in [0.3, 0.4) is 0 Å². The van der Waals surface area contributed by atoms with Crippen molar-refractivity contribution in [3.63, 3.8) is 0 Å². The lowest BCUT2D eigenvalue weighted by molar-refractivity contribution is -0.116. The molecular formula is C29H31N5O2. The van der Waals surface area contributed by atoms with E-state index in [1.807, 2.05) is 96.2 Å². The first-order chi connectivity index (χ1) is 17.5. The van der Waals surface area contributed by atoms with Crippen LogP contribution >= 0.6 is 0 Å². The summed E-state index contributed by atoms with van der Waals surface area (Å²) in [6.45, 7) is 7.37. The lowest BCUT2D eigenvalue weighted by atomic mass is 10.0. The van der Waals surface area contributed by atoms with Crippen LogP contribution in [-0.4, -0.2) is 64.1 Å². The smallest absolute Gasteiger partial charge is 0.254 e. The minimum absolute atomic E-state index is 0.0249. The maximum Gasteiger partial charge on any atom is 0.254 e. The van der Waals surface area contributed by atoms with E-state index in [4.69, 9.17) is 0 Å². The van der Waals surface area contributed by atoms with Crippen LogP contribution in [0.4, 0.5) is 5.69 Å². The number of hydrogen-bond donors (Lipinski definition) is 1. The second kappa shape index (κ2) is 10.3. The van der Waals surface area contributed by atoms with Gasteiger partial charge in [-0.15, -0.1) is 0 Å². The molecular weight excluding hydrogens is 450 g/mol. The molecule has 5 rings (SSSR count). The number of amides is 2. The molecule has 1 aliphatic rings. The first-order valence-corrected chi connectivity index (χ1v) is 12.4. The summed E-state index contributed by atoms with van der Waals surface area (Å²) in [5.41, 5.74) is 4.20. The van der Waals surface area contributed by atoms with Gasteiger partial charge in [-0.3, -0.25) is 14.5 Å². The predicted molar refractivity (Wildman–Crippen MR) is 143 cm³/mol. The zero-order valence-electron chi connectivity index (χ0n) is 20.8. The summed E-state index contributed by atoms with van der Waals surface area (Å²) in [6.07, 6.45) is 0.396. The van der Waals surface area contributed by atoms with Crippen LogP contribution in [0.1, 0.15) is 28.2 Å². The molecule has 1 N–H and O–H groups in total. The SMILES string of the molecule is Cc1nn(-c2ccccc2)c(C)c1NC(=O)CCN1CCN(C(=O)c2cccc3ccccc23)CC1. The normalized spacial score (nSPS) is 14.2. The topological polar surface area (TPSA) is 70.5 Å². The van der Waals surface area contributed by atoms with Crippen LogP contribution < -0.4 is 5.32 Å². The molecule has 1 fully saturated rings. The first kappa shape index (κ1) is 23.8. The number of nitrogens with one attached hydrogen (secondary N) is 1. The van der Waals surface area contributed by atoms with Gasteiger partial charge in [-0.2, -0.15) is 5.10 Å². The average Bonchev–Trinajstić information content (AvgIpc) is 3.20. The summed E-state index contributed by atoms with van der Waals surface area (Å²) < 4.78 is 1.86. The van der Waals surface area contributed by atoms with E-state index in [1.54, 1.807) is 0 Å². The van der Waals surface area contributed by atoms with Crippen molar-refractivity contribution >= 4 is 28.3 Å². The lowest BCUT2D eigenvalue weighted by Gasteiger charge is -2.34. The maximum atomic E-state index is 13.2. The van der Waals surface area contributed by atoms with E-state index in [0.29, 0.717) is 26.1 Å². The molecule has 7 nitrogen and oxygen atoms in total. The first-order valence-electron chi connectivity index (χ1n) is 12.4. The third kappa shape index (κ3) is 4.88. The summed E-state index contributed by atoms with van der Waals surface area (Å²) in [6, 6.07) is 23.8. The number of carbonyl (C=O) groups is 2. The van der Waals surface area contributed by atoms with Gasteiger partial charge in [-0.25, -0.2) is 4.68 Å². The van der Waals surface area contributed by atoms with Gasteiger partial charge in [0.1, 0.15) is 0 Å². The summed E-state index contributed by atoms with van der Waals surface area (Å²) in [4.78, 5) is 30.1. The van der Waals surface area contributed by atoms with Crippen molar-refractivity contribution in [3.8, 4) is 5.69 Å². The minimum Gasteiger partial charge on any atom is -0.336 e. The highest BCUT2D eigenvalue weighted by molar-refractivity contribution is 6.07. The summed E-state index contributed by atoms with van der Waals surface area (Å²) in [5.74, 6) is 0.0497. The lowest BCUT2D eigenvalue weighted by Crippen LogP contribution is -2.49. The number of nitrogens with zero attached hydrogens (tertiary/aromatic N) is 4. The van der Waals surface area contributed by atoms with Gasteiger partial charge in [-0.1, -0.05) is 54.6 Å². The fraction of sp³-hybridized carbons (Fsp3) is 0.276. The molecule has 0 bridgehead atoms. The second-order valence-corrected chi connectivity index (χ2v) is 9.25. The van der Waals surface area contributed by atoms with E-state index in [9.17, 15) is 9.59 Å². The van der Waals surface area contributed by atoms with Gasteiger partial charge >= 0.3 is 0 Å². The molecule has 1 saturated heterocycles. The molecule has 7 heteroatoms. The Kier molecular flexibility index (Phi) is 6.82. The van der Waals surface area contributed by atoms with Crippen molar-refractivity contribution in [3.05, 3.63) is 89.7 Å². The third-order valence-electron chi connectivity index (χ3n) is 6.89. The van der Waals surface area contributed by atoms with Crippen LogP contribution in [0.15, 0.2) is 72.8 Å². The molecule has 2 amide bonds. The molecule has 3 aromatic carbocycles. The largest absolute Gasteiger partial charge is 0.336 e. The number of rotatable bonds is 6. The van der Waals surface area contributed by atoms with Crippen LogP contribution in [0.25, 0.3) is 16.5 Å². The molecule has 0 aliphatic carbocycles. The van der Waals surface area contributed by atoms with E-state index in [1.165, 1.54) is 0 Å². The van der Waals surface area contributed by atoms with Gasteiger partial charge < -0.3 is 10.2 Å². The average molecular weight is 482 g/mol. The van der Waals surface area contributed by atoms with Crippen LogP contribution in [-0.2, 0) is 4.79 Å². The Morgan fingerprint density at radius 2 is 1.56 bits per heavy atom. The zero-order chi connectivity index (χ0) is 25.1. The zero-order valence-corrected chi connectivity index (χ0v) is 20.8. The molecule has 0 spiro atoms. The number of para-hydroxylation sites is 1. The van der Waals surface area contributed by atoms with Gasteiger partial charge in [-0.05, 0) is 42.8 Å². The van der Waals surface area contributed by atoms with E-state index in [0.717, 1.165) is 52.2 Å². The summed E-state index contributed by atoms with van der Waals surface area (Å²) >= 11 is 0. The molecule has 2 heterocycles. The highest BCUT2D eigenvalue weighted by Gasteiger charge is 2.24. The molecule has 0 saturated carbocycles. The molecule has 0 atom stereocenters. The van der Waals surface area contributed by atoms with Crippen LogP contribution in [0, 0.1) is 13.8 Å². The number of aryl methyl sites for hydroxylation is 1. The molecule has 184 valence electrons. The van der Waals surface area contributed by atoms with Gasteiger partial charge in [0.15, 0.2) is 0 Å². The fourth-order valence-electron chi connectivity index (χ4n) is 4.86. The van der Waals surface area contributed by atoms with Crippen LogP contribution in [0.5, 0.6) is 0 Å². The van der Waals surface area contributed by atoms with Crippen LogP contribution in [0.2, 0.25) is 0 Å².